The van der Waals surface area contributed by atoms with Crippen LogP contribution in [-0.2, 0) is 6.54 Å². The molecule has 3 rings (SSSR count). The van der Waals surface area contributed by atoms with Crippen LogP contribution in [0.15, 0.2) is 60.7 Å². The molecule has 0 saturated carbocycles. The van der Waals surface area contributed by atoms with Crippen molar-refractivity contribution in [3.05, 3.63) is 89.0 Å². The molecule has 1 heterocycles. The van der Waals surface area contributed by atoms with E-state index in [0.29, 0.717) is 12.1 Å². The van der Waals surface area contributed by atoms with Gasteiger partial charge in [-0.15, -0.1) is 0 Å². The molecule has 4 heteroatoms. The summed E-state index contributed by atoms with van der Waals surface area (Å²) in [7, 11) is 0. The number of rotatable bonds is 4. The van der Waals surface area contributed by atoms with E-state index in [9.17, 15) is 9.18 Å². The summed E-state index contributed by atoms with van der Waals surface area (Å²) < 4.78 is 15.0. The van der Waals surface area contributed by atoms with Crippen molar-refractivity contribution < 1.29 is 9.18 Å². The maximum absolute atomic E-state index is 12.9. The molecule has 0 atom stereocenters. The Morgan fingerprint density at radius 1 is 1.04 bits per heavy atom. The van der Waals surface area contributed by atoms with Crippen molar-refractivity contribution in [2.45, 2.75) is 20.4 Å². The highest BCUT2D eigenvalue weighted by Crippen LogP contribution is 2.20. The van der Waals surface area contributed by atoms with E-state index >= 15 is 0 Å². The van der Waals surface area contributed by atoms with E-state index in [1.165, 1.54) is 12.1 Å². The standard InChI is InChI=1S/C20H19FN2O/c1-14-12-19(15(2)23(14)18-6-4-3-5-7-18)20(24)22-13-16-8-10-17(21)11-9-16/h3-12H,13H2,1-2H3,(H,22,24). The Balaban J connectivity index is 1.79. The lowest BCUT2D eigenvalue weighted by Crippen LogP contribution is -2.23. The molecule has 0 spiro atoms. The largest absolute Gasteiger partial charge is 0.348 e. The monoisotopic (exact) mass is 322 g/mol. The molecule has 0 unspecified atom stereocenters. The maximum atomic E-state index is 12.9. The molecule has 2 aromatic carbocycles. The lowest BCUT2D eigenvalue weighted by atomic mass is 10.2. The van der Waals surface area contributed by atoms with Gasteiger partial charge in [0, 0.05) is 23.6 Å². The number of carbonyl (C=O) groups is 1. The van der Waals surface area contributed by atoms with Crippen LogP contribution in [0.2, 0.25) is 0 Å². The highest BCUT2D eigenvalue weighted by atomic mass is 19.1. The van der Waals surface area contributed by atoms with Gasteiger partial charge in [0.2, 0.25) is 0 Å². The average molecular weight is 322 g/mol. The number of amides is 1. The molecule has 0 radical (unpaired) electrons. The van der Waals surface area contributed by atoms with E-state index in [2.05, 4.69) is 9.88 Å². The second-order valence-corrected chi connectivity index (χ2v) is 5.76. The summed E-state index contributed by atoms with van der Waals surface area (Å²) in [5.74, 6) is -0.411. The third kappa shape index (κ3) is 3.23. The zero-order chi connectivity index (χ0) is 17.1. The summed E-state index contributed by atoms with van der Waals surface area (Å²) in [5.41, 5.74) is 4.45. The quantitative estimate of drug-likeness (QED) is 0.769. The molecule has 1 N–H and O–H groups in total. The van der Waals surface area contributed by atoms with Crippen LogP contribution in [0.25, 0.3) is 5.69 Å². The third-order valence-corrected chi connectivity index (χ3v) is 4.06. The molecule has 3 aromatic rings. The zero-order valence-electron chi connectivity index (χ0n) is 13.7. The number of aryl methyl sites for hydroxylation is 1. The van der Waals surface area contributed by atoms with Gasteiger partial charge in [0.05, 0.1) is 5.56 Å². The smallest absolute Gasteiger partial charge is 0.253 e. The van der Waals surface area contributed by atoms with Crippen LogP contribution in [0.3, 0.4) is 0 Å². The van der Waals surface area contributed by atoms with Crippen LogP contribution in [0, 0.1) is 19.7 Å². The highest BCUT2D eigenvalue weighted by Gasteiger charge is 2.16. The van der Waals surface area contributed by atoms with Crippen LogP contribution < -0.4 is 5.32 Å². The van der Waals surface area contributed by atoms with Gasteiger partial charge >= 0.3 is 0 Å². The number of hydrogen-bond donors (Lipinski definition) is 1. The van der Waals surface area contributed by atoms with E-state index in [1.54, 1.807) is 12.1 Å². The maximum Gasteiger partial charge on any atom is 0.253 e. The second-order valence-electron chi connectivity index (χ2n) is 5.76. The van der Waals surface area contributed by atoms with E-state index in [1.807, 2.05) is 50.2 Å². The van der Waals surface area contributed by atoms with E-state index in [-0.39, 0.29) is 11.7 Å². The molecule has 0 aliphatic rings. The summed E-state index contributed by atoms with van der Waals surface area (Å²) in [6.07, 6.45) is 0. The molecule has 3 nitrogen and oxygen atoms in total. The molecule has 1 aromatic heterocycles. The Labute approximate surface area is 140 Å². The lowest BCUT2D eigenvalue weighted by molar-refractivity contribution is 0.0950. The second kappa shape index (κ2) is 6.71. The first-order chi connectivity index (χ1) is 11.6. The normalized spacial score (nSPS) is 10.6. The zero-order valence-corrected chi connectivity index (χ0v) is 13.7. The van der Waals surface area contributed by atoms with Crippen LogP contribution >= 0.6 is 0 Å². The SMILES string of the molecule is Cc1cc(C(=O)NCc2ccc(F)cc2)c(C)n1-c1ccccc1. The summed E-state index contributed by atoms with van der Waals surface area (Å²) in [5, 5.41) is 2.89. The van der Waals surface area contributed by atoms with E-state index < -0.39 is 0 Å². The molecule has 1 amide bonds. The van der Waals surface area contributed by atoms with Gasteiger partial charge in [0.1, 0.15) is 5.82 Å². The molecule has 122 valence electrons. The van der Waals surface area contributed by atoms with Crippen LogP contribution in [0.5, 0.6) is 0 Å². The van der Waals surface area contributed by atoms with Crippen LogP contribution in [0.4, 0.5) is 4.39 Å². The Bertz CT molecular complexity index is 851. The summed E-state index contributed by atoms with van der Waals surface area (Å²) in [4.78, 5) is 12.5. The van der Waals surface area contributed by atoms with Crippen molar-refractivity contribution >= 4 is 5.91 Å². The molecule has 0 aliphatic heterocycles. The van der Waals surface area contributed by atoms with E-state index in [0.717, 1.165) is 22.6 Å². The predicted octanol–water partition coefficient (Wildman–Crippen LogP) is 4.16. The minimum Gasteiger partial charge on any atom is -0.348 e. The summed E-state index contributed by atoms with van der Waals surface area (Å²) >= 11 is 0. The molecule has 24 heavy (non-hydrogen) atoms. The molecule has 0 fully saturated rings. The Kier molecular flexibility index (Phi) is 4.47. The van der Waals surface area contributed by atoms with Crippen molar-refractivity contribution in [3.63, 3.8) is 0 Å². The fourth-order valence-electron chi connectivity index (χ4n) is 2.85. The van der Waals surface area contributed by atoms with Gasteiger partial charge in [0.25, 0.3) is 5.91 Å². The van der Waals surface area contributed by atoms with Crippen LogP contribution in [0.1, 0.15) is 27.3 Å². The number of nitrogens with one attached hydrogen (secondary N) is 1. The molecule has 0 saturated heterocycles. The topological polar surface area (TPSA) is 34.0 Å². The van der Waals surface area contributed by atoms with Crippen LogP contribution in [-0.4, -0.2) is 10.5 Å². The summed E-state index contributed by atoms with van der Waals surface area (Å²) in [6, 6.07) is 18.0. The van der Waals surface area contributed by atoms with E-state index in [4.69, 9.17) is 0 Å². The Morgan fingerprint density at radius 2 is 1.71 bits per heavy atom. The van der Waals surface area contributed by atoms with Gasteiger partial charge in [-0.1, -0.05) is 30.3 Å². The third-order valence-electron chi connectivity index (χ3n) is 4.06. The summed E-state index contributed by atoms with van der Waals surface area (Å²) in [6.45, 7) is 4.29. The predicted molar refractivity (Wildman–Crippen MR) is 92.8 cm³/mol. The van der Waals surface area contributed by atoms with Crippen molar-refractivity contribution in [3.8, 4) is 5.69 Å². The number of para-hydroxylation sites is 1. The Hall–Kier alpha value is -2.88. The molecule has 0 bridgehead atoms. The lowest BCUT2D eigenvalue weighted by Gasteiger charge is -2.10. The molecular weight excluding hydrogens is 303 g/mol. The fraction of sp³-hybridized carbons (Fsp3) is 0.150. The van der Waals surface area contributed by atoms with Gasteiger partial charge in [-0.2, -0.15) is 0 Å². The minimum absolute atomic E-state index is 0.130. The van der Waals surface area contributed by atoms with Crippen molar-refractivity contribution in [2.24, 2.45) is 0 Å². The first kappa shape index (κ1) is 16.0. The first-order valence-electron chi connectivity index (χ1n) is 7.83. The van der Waals surface area contributed by atoms with Gasteiger partial charge in [-0.3, -0.25) is 4.79 Å². The molecule has 0 aliphatic carbocycles. The highest BCUT2D eigenvalue weighted by molar-refractivity contribution is 5.95. The minimum atomic E-state index is -0.281. The van der Waals surface area contributed by atoms with Gasteiger partial charge in [-0.05, 0) is 49.7 Å². The number of hydrogen-bond acceptors (Lipinski definition) is 1. The number of carbonyl (C=O) groups excluding carboxylic acids is 1. The first-order valence-corrected chi connectivity index (χ1v) is 7.83. The van der Waals surface area contributed by atoms with Crippen molar-refractivity contribution in [1.82, 2.24) is 9.88 Å². The molecular formula is C20H19FN2O. The fourth-order valence-corrected chi connectivity index (χ4v) is 2.85. The average Bonchev–Trinajstić information content (AvgIpc) is 2.89. The Morgan fingerprint density at radius 3 is 2.38 bits per heavy atom. The van der Waals surface area contributed by atoms with Gasteiger partial charge in [-0.25, -0.2) is 4.39 Å². The van der Waals surface area contributed by atoms with Gasteiger partial charge < -0.3 is 9.88 Å². The van der Waals surface area contributed by atoms with Gasteiger partial charge in [0.15, 0.2) is 0 Å². The number of halogens is 1. The number of aromatic nitrogens is 1. The van der Waals surface area contributed by atoms with Crippen molar-refractivity contribution in [1.29, 1.82) is 0 Å². The number of nitrogens with zero attached hydrogens (tertiary/aromatic N) is 1. The number of benzene rings is 2. The van der Waals surface area contributed by atoms with Crippen molar-refractivity contribution in [2.75, 3.05) is 0 Å².